The van der Waals surface area contributed by atoms with Crippen LogP contribution in [-0.4, -0.2) is 51.9 Å². The number of carbonyl (C=O) groups excluding carboxylic acids is 4. The molecule has 2 aliphatic carbocycles. The number of nitrogens with zero attached hydrogens (tertiary/aromatic N) is 3. The molecule has 1 aromatic heterocycles. The number of carbonyl (C=O) groups is 4. The number of para-hydroxylation sites is 1. The van der Waals surface area contributed by atoms with E-state index in [0.717, 1.165) is 8.58 Å². The number of hydrazine groups is 1. The largest absolute Gasteiger partial charge is 0.491 e. The number of alkyl halides is 3. The number of pyridine rings is 1. The van der Waals surface area contributed by atoms with Crippen molar-refractivity contribution in [1.29, 1.82) is 0 Å². The Bertz CT molecular complexity index is 2310. The Morgan fingerprint density at radius 3 is 2.34 bits per heavy atom. The van der Waals surface area contributed by atoms with Gasteiger partial charge in [-0.1, -0.05) is 65.2 Å². The standard InChI is InChI=1S/C40H30Cl2F3IN4O6/c41-22-7-5-20(6-8-22)39-29(36(53)50(38(39)55)48-34-30(42)17-21(19-47-34)40(43,44)45)18-28-25(33(39)26-3-1-2-4-31(26)56-16-15-51)13-14-27-32(28)37(54)49(35(27)52)24-11-9-23(46)10-12-24/h1-13,17,19,27-29,32-33,51H,14-16,18H2,(H,47,48)/t27-,28+,29-,32-,33+,39+/m0/s1. The number of hydrogen-bond donors (Lipinski definition) is 2. The smallest absolute Gasteiger partial charge is 0.417 e. The van der Waals surface area contributed by atoms with Crippen molar-refractivity contribution in [2.45, 2.75) is 30.4 Å². The highest BCUT2D eigenvalue weighted by atomic mass is 127. The minimum absolute atomic E-state index is 0.0394. The summed E-state index contributed by atoms with van der Waals surface area (Å²) in [5.74, 6) is -6.84. The zero-order valence-corrected chi connectivity index (χ0v) is 32.6. The van der Waals surface area contributed by atoms with Gasteiger partial charge < -0.3 is 9.84 Å². The molecular weight excluding hydrogens is 887 g/mol. The summed E-state index contributed by atoms with van der Waals surface area (Å²) in [6, 6.07) is 21.0. The van der Waals surface area contributed by atoms with Crippen LogP contribution in [-0.2, 0) is 30.8 Å². The summed E-state index contributed by atoms with van der Waals surface area (Å²) < 4.78 is 47.5. The lowest BCUT2D eigenvalue weighted by molar-refractivity contribution is -0.139. The minimum atomic E-state index is -4.75. The second kappa shape index (κ2) is 14.5. The molecule has 2 N–H and O–H groups in total. The minimum Gasteiger partial charge on any atom is -0.491 e. The highest BCUT2D eigenvalue weighted by Gasteiger charge is 2.70. The Morgan fingerprint density at radius 2 is 1.66 bits per heavy atom. The maximum absolute atomic E-state index is 15.4. The van der Waals surface area contributed by atoms with Crippen molar-refractivity contribution in [3.63, 3.8) is 0 Å². The van der Waals surface area contributed by atoms with E-state index >= 15 is 4.79 Å². The molecule has 10 nitrogen and oxygen atoms in total. The van der Waals surface area contributed by atoms with Gasteiger partial charge in [0.05, 0.1) is 46.0 Å². The van der Waals surface area contributed by atoms with Gasteiger partial charge in [-0.3, -0.25) is 29.5 Å². The molecular formula is C40H30Cl2F3IN4O6. The summed E-state index contributed by atoms with van der Waals surface area (Å²) in [5.41, 5.74) is 1.71. The van der Waals surface area contributed by atoms with Crippen LogP contribution in [0, 0.1) is 27.2 Å². The summed E-state index contributed by atoms with van der Waals surface area (Å²) in [6.07, 6.45) is -2.19. The molecule has 0 spiro atoms. The normalized spacial score (nSPS) is 25.8. The Balaban J connectivity index is 1.32. The number of amides is 4. The first-order chi connectivity index (χ1) is 26.8. The first-order valence-electron chi connectivity index (χ1n) is 17.6. The summed E-state index contributed by atoms with van der Waals surface area (Å²) in [7, 11) is 0. The molecule has 288 valence electrons. The van der Waals surface area contributed by atoms with Gasteiger partial charge in [0.15, 0.2) is 5.82 Å². The van der Waals surface area contributed by atoms with Gasteiger partial charge in [-0.15, -0.1) is 0 Å². The van der Waals surface area contributed by atoms with Gasteiger partial charge in [0.2, 0.25) is 11.8 Å². The Hall–Kier alpha value is -4.51. The van der Waals surface area contributed by atoms with Crippen molar-refractivity contribution < 1.29 is 42.2 Å². The number of hydrogen-bond acceptors (Lipinski definition) is 8. The van der Waals surface area contributed by atoms with Gasteiger partial charge in [0.25, 0.3) is 11.8 Å². The van der Waals surface area contributed by atoms with Crippen LogP contribution in [0.3, 0.4) is 0 Å². The highest BCUT2D eigenvalue weighted by Crippen LogP contribution is 2.65. The number of imide groups is 2. The molecule has 6 atom stereocenters. The number of halogens is 6. The SMILES string of the molecule is O=C1[C@@H]2C[C@@H]3C(=CC[C@@H]4C(=O)N(c5ccc(I)cc5)C(=O)[C@@H]43)[C@H](c3ccccc3OCCO)[C@]2(c2ccc(Cl)cc2)C(=O)N1Nc1ncc(C(F)(F)F)cc1Cl. The van der Waals surface area contributed by atoms with E-state index in [9.17, 15) is 32.7 Å². The summed E-state index contributed by atoms with van der Waals surface area (Å²) in [5, 5.41) is 10.3. The van der Waals surface area contributed by atoms with Crippen molar-refractivity contribution in [3.8, 4) is 5.75 Å². The van der Waals surface area contributed by atoms with Crippen molar-refractivity contribution in [3.05, 3.63) is 127 Å². The van der Waals surface area contributed by atoms with Gasteiger partial charge in [-0.05, 0) is 95.4 Å². The zero-order chi connectivity index (χ0) is 39.7. The fraction of sp³-hybridized carbons (Fsp3) is 0.275. The maximum Gasteiger partial charge on any atom is 0.417 e. The lowest BCUT2D eigenvalue weighted by Gasteiger charge is -2.50. The summed E-state index contributed by atoms with van der Waals surface area (Å²) >= 11 is 14.8. The van der Waals surface area contributed by atoms with Crippen LogP contribution in [0.5, 0.6) is 5.75 Å². The topological polar surface area (TPSA) is 129 Å². The number of anilines is 2. The fourth-order valence-corrected chi connectivity index (χ4v) is 9.67. The molecule has 3 fully saturated rings. The molecule has 4 aliphatic rings. The maximum atomic E-state index is 15.4. The summed E-state index contributed by atoms with van der Waals surface area (Å²) in [6.45, 7) is -0.412. The molecule has 3 aromatic carbocycles. The third kappa shape index (κ3) is 6.07. The second-order valence-electron chi connectivity index (χ2n) is 14.0. The monoisotopic (exact) mass is 916 g/mol. The number of fused-ring (bicyclic) bond motifs is 4. The van der Waals surface area contributed by atoms with Gasteiger partial charge in [0, 0.05) is 26.3 Å². The predicted molar refractivity (Wildman–Crippen MR) is 208 cm³/mol. The number of nitrogens with one attached hydrogen (secondary N) is 1. The molecule has 0 unspecified atom stereocenters. The van der Waals surface area contributed by atoms with Gasteiger partial charge in [-0.2, -0.15) is 18.2 Å². The van der Waals surface area contributed by atoms with Crippen molar-refractivity contribution in [1.82, 2.24) is 9.99 Å². The first-order valence-corrected chi connectivity index (χ1v) is 19.4. The quantitative estimate of drug-likeness (QED) is 0.105. The number of rotatable bonds is 8. The summed E-state index contributed by atoms with van der Waals surface area (Å²) in [4.78, 5) is 64.0. The molecule has 16 heteroatoms. The van der Waals surface area contributed by atoms with Crippen LogP contribution in [0.25, 0.3) is 0 Å². The van der Waals surface area contributed by atoms with Crippen LogP contribution >= 0.6 is 45.8 Å². The van der Waals surface area contributed by atoms with Crippen molar-refractivity contribution >= 4 is 80.9 Å². The van der Waals surface area contributed by atoms with Crippen molar-refractivity contribution in [2.24, 2.45) is 23.7 Å². The van der Waals surface area contributed by atoms with Gasteiger partial charge in [-0.25, -0.2) is 4.98 Å². The van der Waals surface area contributed by atoms with E-state index in [4.69, 9.17) is 27.9 Å². The average Bonchev–Trinajstić information content (AvgIpc) is 3.55. The predicted octanol–water partition coefficient (Wildman–Crippen LogP) is 7.57. The Labute approximate surface area is 341 Å². The number of aromatic nitrogens is 1. The van der Waals surface area contributed by atoms with Gasteiger partial charge in [0.1, 0.15) is 12.4 Å². The Morgan fingerprint density at radius 1 is 0.946 bits per heavy atom. The van der Waals surface area contributed by atoms with E-state index < -0.39 is 69.5 Å². The fourth-order valence-electron chi connectivity index (χ4n) is 8.98. The zero-order valence-electron chi connectivity index (χ0n) is 29.0. The van der Waals surface area contributed by atoms with Crippen LogP contribution in [0.1, 0.15) is 35.4 Å². The molecule has 3 heterocycles. The highest BCUT2D eigenvalue weighted by molar-refractivity contribution is 14.1. The third-order valence-electron chi connectivity index (χ3n) is 11.2. The van der Waals surface area contributed by atoms with E-state index in [1.807, 2.05) is 6.08 Å². The van der Waals surface area contributed by atoms with E-state index in [1.54, 1.807) is 72.8 Å². The van der Waals surface area contributed by atoms with Crippen LogP contribution in [0.15, 0.2) is 96.7 Å². The molecule has 4 aromatic rings. The van der Waals surface area contributed by atoms with Crippen LogP contribution in [0.2, 0.25) is 10.0 Å². The molecule has 56 heavy (non-hydrogen) atoms. The average molecular weight is 918 g/mol. The second-order valence-corrected chi connectivity index (χ2v) is 16.1. The van der Waals surface area contributed by atoms with Crippen LogP contribution in [0.4, 0.5) is 24.7 Å². The molecule has 1 saturated carbocycles. The molecule has 2 saturated heterocycles. The molecule has 4 amide bonds. The number of ether oxygens (including phenoxy) is 1. The lowest BCUT2D eigenvalue weighted by Crippen LogP contribution is -2.53. The first kappa shape index (κ1) is 38.4. The number of aliphatic hydroxyl groups is 1. The van der Waals surface area contributed by atoms with E-state index in [1.165, 1.54) is 4.90 Å². The van der Waals surface area contributed by atoms with Crippen molar-refractivity contribution in [2.75, 3.05) is 23.5 Å². The molecule has 0 bridgehead atoms. The van der Waals surface area contributed by atoms with E-state index in [2.05, 4.69) is 33.0 Å². The molecule has 0 radical (unpaired) electrons. The van der Waals surface area contributed by atoms with Gasteiger partial charge >= 0.3 is 6.18 Å². The number of aliphatic hydroxyl groups excluding tert-OH is 1. The van der Waals surface area contributed by atoms with E-state index in [-0.39, 0.29) is 37.8 Å². The molecule has 8 rings (SSSR count). The Kier molecular flexibility index (Phi) is 9.90. The number of benzene rings is 3. The number of allylic oxidation sites excluding steroid dienone is 2. The molecule has 2 aliphatic heterocycles. The van der Waals surface area contributed by atoms with Crippen LogP contribution < -0.4 is 15.1 Å². The van der Waals surface area contributed by atoms with E-state index in [0.29, 0.717) is 45.4 Å². The lowest BCUT2D eigenvalue weighted by atomic mass is 9.49. The third-order valence-corrected chi connectivity index (χ3v) is 12.5.